The zero-order valence-electron chi connectivity index (χ0n) is 15.6. The van der Waals surface area contributed by atoms with Crippen LogP contribution < -0.4 is 5.32 Å². The zero-order valence-corrected chi connectivity index (χ0v) is 15.6. The van der Waals surface area contributed by atoms with Gasteiger partial charge in [0, 0.05) is 17.3 Å². The van der Waals surface area contributed by atoms with E-state index >= 15 is 0 Å². The number of alkyl halides is 3. The number of carbonyl (C=O) groups is 3. The fraction of sp³-hybridized carbons (Fsp3) is 0.190. The Bertz CT molecular complexity index is 951. The number of carbonyl (C=O) groups excluding carboxylic acids is 3. The Morgan fingerprint density at radius 1 is 1.07 bits per heavy atom. The van der Waals surface area contributed by atoms with E-state index in [0.29, 0.717) is 11.3 Å². The molecule has 1 N–H and O–H groups in total. The SMILES string of the molecule is CC(=O)c1cccc(NC(=O)C(C)OC(=O)/C=C/c2cccc(C(F)(F)F)c2)c1. The minimum Gasteiger partial charge on any atom is -0.449 e. The van der Waals surface area contributed by atoms with Gasteiger partial charge in [-0.25, -0.2) is 4.79 Å². The summed E-state index contributed by atoms with van der Waals surface area (Å²) in [7, 11) is 0. The molecule has 0 aromatic heterocycles. The van der Waals surface area contributed by atoms with Crippen LogP contribution in [0.5, 0.6) is 0 Å². The number of ketones is 1. The second kappa shape index (κ2) is 9.18. The van der Waals surface area contributed by atoms with Gasteiger partial charge in [0.05, 0.1) is 5.56 Å². The summed E-state index contributed by atoms with van der Waals surface area (Å²) in [4.78, 5) is 35.4. The number of hydrogen-bond acceptors (Lipinski definition) is 4. The third-order valence-corrected chi connectivity index (χ3v) is 3.82. The molecule has 5 nitrogen and oxygen atoms in total. The van der Waals surface area contributed by atoms with E-state index < -0.39 is 29.7 Å². The molecule has 0 bridgehead atoms. The van der Waals surface area contributed by atoms with Crippen molar-refractivity contribution in [3.63, 3.8) is 0 Å². The summed E-state index contributed by atoms with van der Waals surface area (Å²) in [6.07, 6.45) is -3.54. The van der Waals surface area contributed by atoms with Crippen LogP contribution >= 0.6 is 0 Å². The van der Waals surface area contributed by atoms with E-state index in [2.05, 4.69) is 5.32 Å². The molecule has 152 valence electrons. The lowest BCUT2D eigenvalue weighted by Crippen LogP contribution is -2.29. The molecule has 0 spiro atoms. The predicted octanol–water partition coefficient (Wildman–Crippen LogP) is 4.49. The van der Waals surface area contributed by atoms with Crippen LogP contribution in [-0.4, -0.2) is 23.8 Å². The van der Waals surface area contributed by atoms with Gasteiger partial charge in [0.25, 0.3) is 5.91 Å². The van der Waals surface area contributed by atoms with Crippen molar-refractivity contribution in [3.05, 3.63) is 71.3 Å². The lowest BCUT2D eigenvalue weighted by Gasteiger charge is -2.12. The molecule has 8 heteroatoms. The lowest BCUT2D eigenvalue weighted by molar-refractivity contribution is -0.148. The van der Waals surface area contributed by atoms with E-state index in [9.17, 15) is 27.6 Å². The van der Waals surface area contributed by atoms with Crippen molar-refractivity contribution in [1.82, 2.24) is 0 Å². The molecule has 29 heavy (non-hydrogen) atoms. The fourth-order valence-corrected chi connectivity index (χ4v) is 2.31. The first kappa shape index (κ1) is 21.9. The Balaban J connectivity index is 1.96. The van der Waals surface area contributed by atoms with Crippen LogP contribution in [0, 0.1) is 0 Å². The molecule has 0 heterocycles. The van der Waals surface area contributed by atoms with E-state index in [0.717, 1.165) is 18.2 Å². The van der Waals surface area contributed by atoms with Gasteiger partial charge in [-0.3, -0.25) is 9.59 Å². The van der Waals surface area contributed by atoms with Gasteiger partial charge in [0.1, 0.15) is 0 Å². The van der Waals surface area contributed by atoms with Gasteiger partial charge < -0.3 is 10.1 Å². The van der Waals surface area contributed by atoms with Crippen LogP contribution in [0.3, 0.4) is 0 Å². The molecule has 0 aliphatic heterocycles. The van der Waals surface area contributed by atoms with Gasteiger partial charge in [-0.1, -0.05) is 24.3 Å². The maximum Gasteiger partial charge on any atom is 0.416 e. The maximum atomic E-state index is 12.7. The quantitative estimate of drug-likeness (QED) is 0.437. The topological polar surface area (TPSA) is 72.5 Å². The van der Waals surface area contributed by atoms with E-state index in [4.69, 9.17) is 4.74 Å². The highest BCUT2D eigenvalue weighted by Gasteiger charge is 2.30. The number of hydrogen-bond donors (Lipinski definition) is 1. The average molecular weight is 405 g/mol. The number of amides is 1. The highest BCUT2D eigenvalue weighted by Crippen LogP contribution is 2.29. The van der Waals surface area contributed by atoms with E-state index in [1.54, 1.807) is 18.2 Å². The number of benzene rings is 2. The normalized spacial score (nSPS) is 12.4. The summed E-state index contributed by atoms with van der Waals surface area (Å²) in [5.74, 6) is -1.67. The maximum absolute atomic E-state index is 12.7. The van der Waals surface area contributed by atoms with Crippen LogP contribution in [0.15, 0.2) is 54.6 Å². The first-order valence-electron chi connectivity index (χ1n) is 8.54. The average Bonchev–Trinajstić information content (AvgIpc) is 2.66. The van der Waals surface area contributed by atoms with Gasteiger partial charge in [-0.05, 0) is 49.8 Å². The number of halogens is 3. The first-order valence-corrected chi connectivity index (χ1v) is 8.54. The van der Waals surface area contributed by atoms with Crippen LogP contribution in [0.2, 0.25) is 0 Å². The summed E-state index contributed by atoms with van der Waals surface area (Å²) in [5.41, 5.74) is 0.102. The Labute approximate surface area is 165 Å². The highest BCUT2D eigenvalue weighted by atomic mass is 19.4. The number of nitrogens with one attached hydrogen (secondary N) is 1. The van der Waals surface area contributed by atoms with Crippen LogP contribution in [-0.2, 0) is 20.5 Å². The van der Waals surface area contributed by atoms with Gasteiger partial charge in [0.15, 0.2) is 11.9 Å². The minimum absolute atomic E-state index is 0.162. The van der Waals surface area contributed by atoms with Crippen molar-refractivity contribution in [2.45, 2.75) is 26.1 Å². The molecule has 0 radical (unpaired) electrons. The summed E-state index contributed by atoms with van der Waals surface area (Å²) in [6.45, 7) is 2.74. The smallest absolute Gasteiger partial charge is 0.416 e. The number of anilines is 1. The third-order valence-electron chi connectivity index (χ3n) is 3.82. The van der Waals surface area contributed by atoms with Gasteiger partial charge in [-0.15, -0.1) is 0 Å². The Morgan fingerprint density at radius 2 is 1.76 bits per heavy atom. The Kier molecular flexibility index (Phi) is 6.93. The van der Waals surface area contributed by atoms with Crippen molar-refractivity contribution in [2.75, 3.05) is 5.32 Å². The van der Waals surface area contributed by atoms with Crippen molar-refractivity contribution in [3.8, 4) is 0 Å². The van der Waals surface area contributed by atoms with E-state index in [-0.39, 0.29) is 11.3 Å². The molecule has 1 unspecified atom stereocenters. The molecule has 2 aromatic carbocycles. The van der Waals surface area contributed by atoms with E-state index in [1.165, 1.54) is 38.1 Å². The largest absolute Gasteiger partial charge is 0.449 e. The molecule has 0 saturated carbocycles. The zero-order chi connectivity index (χ0) is 21.6. The molecular formula is C21H18F3NO4. The first-order chi connectivity index (χ1) is 13.6. The summed E-state index contributed by atoms with van der Waals surface area (Å²) >= 11 is 0. The van der Waals surface area contributed by atoms with Gasteiger partial charge in [0.2, 0.25) is 0 Å². The molecule has 0 saturated heterocycles. The van der Waals surface area contributed by atoms with Crippen molar-refractivity contribution in [2.24, 2.45) is 0 Å². The Hall–Kier alpha value is -3.42. The Morgan fingerprint density at radius 3 is 2.41 bits per heavy atom. The molecular weight excluding hydrogens is 387 g/mol. The highest BCUT2D eigenvalue weighted by molar-refractivity contribution is 5.99. The second-order valence-electron chi connectivity index (χ2n) is 6.16. The van der Waals surface area contributed by atoms with Crippen LogP contribution in [0.4, 0.5) is 18.9 Å². The molecule has 1 amide bonds. The third kappa shape index (κ3) is 6.60. The standard InChI is InChI=1S/C21H18F3NO4/c1-13(26)16-6-4-8-18(12-16)25-20(28)14(2)29-19(27)10-9-15-5-3-7-17(11-15)21(22,23)24/h3-12,14H,1-2H3,(H,25,28)/b10-9+. The predicted molar refractivity (Wildman–Crippen MR) is 101 cm³/mol. The second-order valence-corrected chi connectivity index (χ2v) is 6.16. The minimum atomic E-state index is -4.49. The van der Waals surface area contributed by atoms with Gasteiger partial charge in [-0.2, -0.15) is 13.2 Å². The fourth-order valence-electron chi connectivity index (χ4n) is 2.31. The van der Waals surface area contributed by atoms with E-state index in [1.807, 2.05) is 0 Å². The molecule has 2 aromatic rings. The summed E-state index contributed by atoms with van der Waals surface area (Å²) in [5, 5.41) is 2.52. The van der Waals surface area contributed by atoms with Crippen LogP contribution in [0.25, 0.3) is 6.08 Å². The molecule has 0 aliphatic rings. The summed E-state index contributed by atoms with van der Waals surface area (Å²) < 4.78 is 43.0. The number of esters is 1. The molecule has 2 rings (SSSR count). The molecule has 1 atom stereocenters. The number of rotatable bonds is 6. The van der Waals surface area contributed by atoms with Crippen molar-refractivity contribution >= 4 is 29.4 Å². The number of Topliss-reactive ketones (excluding diaryl/α,β-unsaturated/α-hetero) is 1. The van der Waals surface area contributed by atoms with Gasteiger partial charge >= 0.3 is 12.1 Å². The van der Waals surface area contributed by atoms with Crippen molar-refractivity contribution < 1.29 is 32.3 Å². The molecule has 0 fully saturated rings. The molecule has 0 aliphatic carbocycles. The number of ether oxygens (including phenoxy) is 1. The van der Waals surface area contributed by atoms with Crippen LogP contribution in [0.1, 0.15) is 35.3 Å². The monoisotopic (exact) mass is 405 g/mol. The van der Waals surface area contributed by atoms with Crippen molar-refractivity contribution in [1.29, 1.82) is 0 Å². The summed E-state index contributed by atoms with van der Waals surface area (Å²) in [6, 6.07) is 10.7. The lowest BCUT2D eigenvalue weighted by atomic mass is 10.1.